The average molecular weight is 209 g/mol. The maximum Gasteiger partial charge on any atom is 0.226 e. The molecule has 0 aromatic heterocycles. The molecule has 2 rings (SSSR count). The van der Waals surface area contributed by atoms with E-state index in [0.29, 0.717) is 17.9 Å². The van der Waals surface area contributed by atoms with Gasteiger partial charge >= 0.3 is 0 Å². The summed E-state index contributed by atoms with van der Waals surface area (Å²) in [5.41, 5.74) is -0.00322. The van der Waals surface area contributed by atoms with Gasteiger partial charge in [-0.05, 0) is 38.0 Å². The summed E-state index contributed by atoms with van der Waals surface area (Å²) in [6, 6.07) is 0.516. The Morgan fingerprint density at radius 3 is 2.40 bits per heavy atom. The van der Waals surface area contributed by atoms with Crippen molar-refractivity contribution in [1.29, 1.82) is 0 Å². The van der Waals surface area contributed by atoms with Crippen molar-refractivity contribution in [2.45, 2.75) is 64.8 Å². The lowest BCUT2D eigenvalue weighted by Crippen LogP contribution is -2.41. The van der Waals surface area contributed by atoms with Crippen molar-refractivity contribution in [3.8, 4) is 0 Å². The molecule has 0 aliphatic heterocycles. The van der Waals surface area contributed by atoms with Gasteiger partial charge in [0.15, 0.2) is 0 Å². The van der Waals surface area contributed by atoms with Crippen LogP contribution in [-0.2, 0) is 4.79 Å². The standard InChI is InChI=1S/C13H23NO/c1-10(2)9-13(7-3-4-8-13)12(15)14-11-5-6-11/h10-11H,3-9H2,1-2H3,(H,14,15). The number of carbonyl (C=O) groups is 1. The van der Waals surface area contributed by atoms with Crippen LogP contribution in [0.25, 0.3) is 0 Å². The molecule has 0 heterocycles. The summed E-state index contributed by atoms with van der Waals surface area (Å²) in [7, 11) is 0. The molecule has 1 N–H and O–H groups in total. The van der Waals surface area contributed by atoms with E-state index in [0.717, 1.165) is 19.3 Å². The Bertz CT molecular complexity index is 237. The Labute approximate surface area is 92.8 Å². The van der Waals surface area contributed by atoms with Gasteiger partial charge in [-0.15, -0.1) is 0 Å². The number of amides is 1. The third-order valence-corrected chi connectivity index (χ3v) is 3.75. The van der Waals surface area contributed by atoms with Crippen LogP contribution in [0.5, 0.6) is 0 Å². The second-order valence-corrected chi connectivity index (χ2v) is 5.83. The largest absolute Gasteiger partial charge is 0.353 e. The fourth-order valence-corrected chi connectivity index (χ4v) is 2.92. The molecule has 2 fully saturated rings. The van der Waals surface area contributed by atoms with E-state index in [1.807, 2.05) is 0 Å². The van der Waals surface area contributed by atoms with Crippen molar-refractivity contribution in [3.63, 3.8) is 0 Å². The molecule has 0 aromatic rings. The van der Waals surface area contributed by atoms with Gasteiger partial charge in [-0.1, -0.05) is 26.7 Å². The molecule has 0 bridgehead atoms. The summed E-state index contributed by atoms with van der Waals surface area (Å²) in [5.74, 6) is 0.990. The molecule has 0 spiro atoms. The first-order chi connectivity index (χ1) is 7.12. The zero-order valence-corrected chi connectivity index (χ0v) is 10.0. The van der Waals surface area contributed by atoms with Gasteiger partial charge in [-0.25, -0.2) is 0 Å². The normalized spacial score (nSPS) is 24.5. The van der Waals surface area contributed by atoms with Gasteiger partial charge in [0, 0.05) is 11.5 Å². The van der Waals surface area contributed by atoms with Crippen LogP contribution in [0.15, 0.2) is 0 Å². The monoisotopic (exact) mass is 209 g/mol. The lowest BCUT2D eigenvalue weighted by molar-refractivity contribution is -0.131. The second-order valence-electron chi connectivity index (χ2n) is 5.83. The number of hydrogen-bond donors (Lipinski definition) is 1. The van der Waals surface area contributed by atoms with Gasteiger partial charge in [0.2, 0.25) is 5.91 Å². The smallest absolute Gasteiger partial charge is 0.226 e. The minimum Gasteiger partial charge on any atom is -0.353 e. The van der Waals surface area contributed by atoms with Crippen molar-refractivity contribution in [1.82, 2.24) is 5.32 Å². The Morgan fingerprint density at radius 1 is 1.33 bits per heavy atom. The lowest BCUT2D eigenvalue weighted by atomic mass is 9.77. The second kappa shape index (κ2) is 4.15. The molecule has 2 aliphatic carbocycles. The van der Waals surface area contributed by atoms with Crippen LogP contribution in [0.4, 0.5) is 0 Å². The van der Waals surface area contributed by atoms with Crippen LogP contribution < -0.4 is 5.32 Å². The number of nitrogens with one attached hydrogen (secondary N) is 1. The SMILES string of the molecule is CC(C)CC1(C(=O)NC2CC2)CCCC1. The number of hydrogen-bond acceptors (Lipinski definition) is 1. The predicted octanol–water partition coefficient (Wildman–Crippen LogP) is 2.87. The van der Waals surface area contributed by atoms with E-state index in [1.54, 1.807) is 0 Å². The third kappa shape index (κ3) is 2.53. The molecular weight excluding hydrogens is 186 g/mol. The molecule has 2 saturated carbocycles. The molecule has 0 aromatic carbocycles. The van der Waals surface area contributed by atoms with Crippen molar-refractivity contribution in [3.05, 3.63) is 0 Å². The Hall–Kier alpha value is -0.530. The lowest BCUT2D eigenvalue weighted by Gasteiger charge is -2.29. The molecule has 0 radical (unpaired) electrons. The van der Waals surface area contributed by atoms with E-state index in [1.165, 1.54) is 25.7 Å². The highest BCUT2D eigenvalue weighted by Gasteiger charge is 2.42. The average Bonchev–Trinajstić information content (AvgIpc) is 2.83. The fourth-order valence-electron chi connectivity index (χ4n) is 2.92. The minimum atomic E-state index is -0.00322. The van der Waals surface area contributed by atoms with Crippen LogP contribution in [0.3, 0.4) is 0 Å². The van der Waals surface area contributed by atoms with Crippen molar-refractivity contribution in [2.24, 2.45) is 11.3 Å². The van der Waals surface area contributed by atoms with Crippen LogP contribution in [0, 0.1) is 11.3 Å². The zero-order chi connectivity index (χ0) is 10.9. The van der Waals surface area contributed by atoms with Crippen LogP contribution in [-0.4, -0.2) is 11.9 Å². The number of carbonyl (C=O) groups excluding carboxylic acids is 1. The van der Waals surface area contributed by atoms with Crippen LogP contribution in [0.2, 0.25) is 0 Å². The highest BCUT2D eigenvalue weighted by molar-refractivity contribution is 5.83. The summed E-state index contributed by atoms with van der Waals surface area (Å²) in [6.45, 7) is 4.45. The van der Waals surface area contributed by atoms with Crippen molar-refractivity contribution >= 4 is 5.91 Å². The predicted molar refractivity (Wildman–Crippen MR) is 61.5 cm³/mol. The van der Waals surface area contributed by atoms with Crippen molar-refractivity contribution in [2.75, 3.05) is 0 Å². The molecule has 15 heavy (non-hydrogen) atoms. The van der Waals surface area contributed by atoms with E-state index >= 15 is 0 Å². The number of rotatable bonds is 4. The Morgan fingerprint density at radius 2 is 1.93 bits per heavy atom. The Balaban J connectivity index is 1.99. The van der Waals surface area contributed by atoms with Gasteiger partial charge in [0.1, 0.15) is 0 Å². The van der Waals surface area contributed by atoms with Gasteiger partial charge < -0.3 is 5.32 Å². The molecular formula is C13H23NO. The van der Waals surface area contributed by atoms with Gasteiger partial charge in [0.25, 0.3) is 0 Å². The van der Waals surface area contributed by atoms with E-state index < -0.39 is 0 Å². The molecule has 0 saturated heterocycles. The van der Waals surface area contributed by atoms with Crippen LogP contribution >= 0.6 is 0 Å². The van der Waals surface area contributed by atoms with E-state index in [9.17, 15) is 4.79 Å². The summed E-state index contributed by atoms with van der Waals surface area (Å²) < 4.78 is 0. The molecule has 2 aliphatic rings. The summed E-state index contributed by atoms with van der Waals surface area (Å²) in [5, 5.41) is 3.20. The maximum atomic E-state index is 12.2. The topological polar surface area (TPSA) is 29.1 Å². The first kappa shape index (κ1) is 11.0. The maximum absolute atomic E-state index is 12.2. The summed E-state index contributed by atoms with van der Waals surface area (Å²) in [6.07, 6.45) is 8.18. The van der Waals surface area contributed by atoms with E-state index in [4.69, 9.17) is 0 Å². The highest BCUT2D eigenvalue weighted by Crippen LogP contribution is 2.43. The first-order valence-electron chi connectivity index (χ1n) is 6.43. The highest BCUT2D eigenvalue weighted by atomic mass is 16.2. The van der Waals surface area contributed by atoms with Gasteiger partial charge in [-0.2, -0.15) is 0 Å². The van der Waals surface area contributed by atoms with Crippen molar-refractivity contribution < 1.29 is 4.79 Å². The quantitative estimate of drug-likeness (QED) is 0.758. The zero-order valence-electron chi connectivity index (χ0n) is 10.0. The molecule has 2 heteroatoms. The molecule has 86 valence electrons. The summed E-state index contributed by atoms with van der Waals surface area (Å²) in [4.78, 5) is 12.2. The molecule has 0 atom stereocenters. The molecule has 0 unspecified atom stereocenters. The van der Waals surface area contributed by atoms with Gasteiger partial charge in [0.05, 0.1) is 0 Å². The first-order valence-corrected chi connectivity index (χ1v) is 6.43. The molecule has 2 nitrogen and oxygen atoms in total. The van der Waals surface area contributed by atoms with Crippen LogP contribution in [0.1, 0.15) is 58.8 Å². The molecule has 1 amide bonds. The third-order valence-electron chi connectivity index (χ3n) is 3.75. The Kier molecular flexibility index (Phi) is 3.03. The fraction of sp³-hybridized carbons (Fsp3) is 0.923. The van der Waals surface area contributed by atoms with Gasteiger partial charge in [-0.3, -0.25) is 4.79 Å². The summed E-state index contributed by atoms with van der Waals surface area (Å²) >= 11 is 0. The van der Waals surface area contributed by atoms with E-state index in [-0.39, 0.29) is 5.41 Å². The van der Waals surface area contributed by atoms with E-state index in [2.05, 4.69) is 19.2 Å². The minimum absolute atomic E-state index is 0.00322.